The summed E-state index contributed by atoms with van der Waals surface area (Å²) in [4.78, 5) is 11.6. The van der Waals surface area contributed by atoms with Crippen LogP contribution < -0.4 is 5.73 Å². The van der Waals surface area contributed by atoms with Crippen LogP contribution in [0.1, 0.15) is 74.3 Å². The van der Waals surface area contributed by atoms with Crippen molar-refractivity contribution in [1.82, 2.24) is 0 Å². The van der Waals surface area contributed by atoms with Gasteiger partial charge in [0.15, 0.2) is 0 Å². The Bertz CT molecular complexity index is 214. The van der Waals surface area contributed by atoms with E-state index in [0.717, 1.165) is 12.8 Å². The molecule has 1 atom stereocenters. The lowest BCUT2D eigenvalue weighted by atomic mass is 10.0. The molecule has 0 aliphatic rings. The van der Waals surface area contributed by atoms with Crippen LogP contribution in [0, 0.1) is 0 Å². The van der Waals surface area contributed by atoms with Crippen molar-refractivity contribution in [1.29, 1.82) is 0 Å². The van der Waals surface area contributed by atoms with E-state index in [1.165, 1.54) is 39.0 Å². The first-order valence-corrected chi connectivity index (χ1v) is 6.18. The first kappa shape index (κ1) is 11.1. The van der Waals surface area contributed by atoms with Crippen LogP contribution in [0.4, 0.5) is 0 Å². The first-order valence-electron chi connectivity index (χ1n) is 7.18. The van der Waals surface area contributed by atoms with E-state index >= 15 is 0 Å². The molecule has 0 aromatic rings. The Hall–Kier alpha value is -0.370. The average molecular weight is 215 g/mol. The Kier molecular flexibility index (Phi) is 7.53. The van der Waals surface area contributed by atoms with E-state index in [1.54, 1.807) is 0 Å². The van der Waals surface area contributed by atoms with Crippen molar-refractivity contribution in [3.63, 3.8) is 0 Å². The van der Waals surface area contributed by atoms with Gasteiger partial charge < -0.3 is 5.73 Å². The lowest BCUT2D eigenvalue weighted by Gasteiger charge is -2.06. The van der Waals surface area contributed by atoms with Crippen LogP contribution in [-0.4, -0.2) is 11.8 Å². The molecule has 0 aliphatic carbocycles. The minimum Gasteiger partial charge on any atom is -0.322 e. The van der Waals surface area contributed by atoms with Crippen LogP contribution in [0.3, 0.4) is 0 Å². The third-order valence-corrected chi connectivity index (χ3v) is 2.68. The fraction of sp³-hybridized carbons (Fsp3) is 0.923. The van der Waals surface area contributed by atoms with Gasteiger partial charge >= 0.3 is 0 Å². The molecule has 0 saturated carbocycles. The Balaban J connectivity index is 3.52. The molecule has 2 N–H and O–H groups in total. The quantitative estimate of drug-likeness (QED) is 0.567. The number of rotatable bonds is 10. The first-order chi connectivity index (χ1) is 7.89. The van der Waals surface area contributed by atoms with Gasteiger partial charge in [0.2, 0.25) is 0 Å². The molecule has 0 amide bonds. The highest BCUT2D eigenvalue weighted by atomic mass is 16.1. The molecular weight excluding hydrogens is 186 g/mol. The Morgan fingerprint density at radius 2 is 1.67 bits per heavy atom. The maximum absolute atomic E-state index is 11.6. The molecule has 0 radical (unpaired) electrons. The Labute approximate surface area is 97.4 Å². The van der Waals surface area contributed by atoms with E-state index in [2.05, 4.69) is 6.92 Å². The van der Waals surface area contributed by atoms with Crippen LogP contribution in [0.5, 0.6) is 0 Å². The molecule has 0 spiro atoms. The zero-order valence-corrected chi connectivity index (χ0v) is 10.2. The van der Waals surface area contributed by atoms with E-state index in [1.807, 2.05) is 0 Å². The highest BCUT2D eigenvalue weighted by Crippen LogP contribution is 2.09. The summed E-state index contributed by atoms with van der Waals surface area (Å²) in [6, 6.07) is -0.970. The topological polar surface area (TPSA) is 43.1 Å². The van der Waals surface area contributed by atoms with Gasteiger partial charge in [-0.05, 0) is 12.8 Å². The summed E-state index contributed by atoms with van der Waals surface area (Å²) >= 11 is 0. The minimum absolute atomic E-state index is 0.147. The summed E-state index contributed by atoms with van der Waals surface area (Å²) in [5, 5.41) is 0. The molecular formula is C13H27NO. The van der Waals surface area contributed by atoms with Crippen LogP contribution >= 0.6 is 0 Å². The molecule has 0 aromatic carbocycles. The number of carbonyl (C=O) groups is 1. The number of hydrogen-bond acceptors (Lipinski definition) is 2. The molecule has 0 rings (SSSR count). The summed E-state index contributed by atoms with van der Waals surface area (Å²) in [6.07, 6.45) is 6.94. The standard InChI is InChI=1S/C13H27NO/c1-3-5-6-7-8-9-10-11-13(15)12(14)4-2/h12H,3-11,14H2,1-2H3/t12-/m0/s1/i4D2. The van der Waals surface area contributed by atoms with Crippen LogP contribution in [0.15, 0.2) is 0 Å². The number of hydrogen-bond donors (Lipinski definition) is 1. The second-order valence-electron chi connectivity index (χ2n) is 4.10. The number of carbonyl (C=O) groups excluding carboxylic acids is 1. The van der Waals surface area contributed by atoms with Crippen molar-refractivity contribution in [3.8, 4) is 0 Å². The molecule has 0 heterocycles. The summed E-state index contributed by atoms with van der Waals surface area (Å²) in [5.74, 6) is -0.147. The molecule has 0 aliphatic heterocycles. The number of unbranched alkanes of at least 4 members (excludes halogenated alkanes) is 6. The number of nitrogens with two attached hydrogens (primary N) is 1. The van der Waals surface area contributed by atoms with E-state index in [4.69, 9.17) is 8.48 Å². The molecule has 0 unspecified atom stereocenters. The molecule has 2 nitrogen and oxygen atoms in total. The third kappa shape index (κ3) is 8.61. The predicted molar refractivity (Wildman–Crippen MR) is 65.9 cm³/mol. The summed E-state index contributed by atoms with van der Waals surface area (Å²) in [7, 11) is 0. The normalized spacial score (nSPS) is 15.7. The van der Waals surface area contributed by atoms with Crippen LogP contribution in [0.25, 0.3) is 0 Å². The monoisotopic (exact) mass is 215 g/mol. The van der Waals surface area contributed by atoms with Crippen LogP contribution in [0.2, 0.25) is 0 Å². The zero-order chi connectivity index (χ0) is 13.3. The van der Waals surface area contributed by atoms with Crippen molar-refractivity contribution >= 4 is 5.78 Å². The fourth-order valence-electron chi connectivity index (χ4n) is 1.57. The van der Waals surface area contributed by atoms with Gasteiger partial charge in [0.05, 0.1) is 6.04 Å². The fourth-order valence-corrected chi connectivity index (χ4v) is 1.57. The largest absolute Gasteiger partial charge is 0.322 e. The smallest absolute Gasteiger partial charge is 0.149 e. The summed E-state index contributed by atoms with van der Waals surface area (Å²) < 4.78 is 14.8. The molecule has 0 fully saturated rings. The van der Waals surface area contributed by atoms with E-state index in [9.17, 15) is 4.79 Å². The van der Waals surface area contributed by atoms with Crippen molar-refractivity contribution < 1.29 is 7.54 Å². The highest BCUT2D eigenvalue weighted by molar-refractivity contribution is 5.83. The van der Waals surface area contributed by atoms with Gasteiger partial charge in [0.1, 0.15) is 5.78 Å². The van der Waals surface area contributed by atoms with Crippen LogP contribution in [-0.2, 0) is 4.79 Å². The molecule has 15 heavy (non-hydrogen) atoms. The van der Waals surface area contributed by atoms with Gasteiger partial charge in [-0.25, -0.2) is 0 Å². The average Bonchev–Trinajstić information content (AvgIpc) is 2.25. The van der Waals surface area contributed by atoms with Gasteiger partial charge in [0, 0.05) is 9.16 Å². The van der Waals surface area contributed by atoms with Gasteiger partial charge in [-0.3, -0.25) is 4.79 Å². The minimum atomic E-state index is -1.60. The second-order valence-corrected chi connectivity index (χ2v) is 4.10. The molecule has 2 heteroatoms. The van der Waals surface area contributed by atoms with Crippen molar-refractivity contribution in [2.24, 2.45) is 5.73 Å². The predicted octanol–water partition coefficient (Wildman–Crippen LogP) is 3.43. The highest BCUT2D eigenvalue weighted by Gasteiger charge is 2.09. The Morgan fingerprint density at radius 3 is 2.20 bits per heavy atom. The van der Waals surface area contributed by atoms with Gasteiger partial charge in [-0.2, -0.15) is 0 Å². The number of ketones is 1. The lowest BCUT2D eigenvalue weighted by molar-refractivity contribution is -0.120. The lowest BCUT2D eigenvalue weighted by Crippen LogP contribution is -2.29. The van der Waals surface area contributed by atoms with Crippen molar-refractivity contribution in [2.75, 3.05) is 0 Å². The third-order valence-electron chi connectivity index (χ3n) is 2.68. The van der Waals surface area contributed by atoms with Crippen molar-refractivity contribution in [3.05, 3.63) is 0 Å². The van der Waals surface area contributed by atoms with Crippen molar-refractivity contribution in [2.45, 2.75) is 77.6 Å². The van der Waals surface area contributed by atoms with Gasteiger partial charge in [-0.15, -0.1) is 0 Å². The maximum Gasteiger partial charge on any atom is 0.149 e. The molecule has 0 bridgehead atoms. The van der Waals surface area contributed by atoms with E-state index < -0.39 is 12.4 Å². The maximum atomic E-state index is 11.6. The summed E-state index contributed by atoms with van der Waals surface area (Å²) in [5.41, 5.74) is 5.55. The molecule has 0 saturated heterocycles. The zero-order valence-electron chi connectivity index (χ0n) is 12.2. The number of Topliss-reactive ketones (excluding diaryl/α,β-unsaturated/α-hetero) is 1. The SMILES string of the molecule is [2H]C([2H])(C)[C@H](N)C(=O)CCCCCCCCC. The molecule has 0 aromatic heterocycles. The van der Waals surface area contributed by atoms with E-state index in [0.29, 0.717) is 6.42 Å². The molecule has 90 valence electrons. The van der Waals surface area contributed by atoms with Gasteiger partial charge in [0.25, 0.3) is 0 Å². The summed E-state index contributed by atoms with van der Waals surface area (Å²) in [6.45, 7) is 3.55. The van der Waals surface area contributed by atoms with E-state index in [-0.39, 0.29) is 5.78 Å². The second kappa shape index (κ2) is 10.2. The van der Waals surface area contributed by atoms with Gasteiger partial charge in [-0.1, -0.05) is 52.4 Å². The Morgan fingerprint density at radius 1 is 1.13 bits per heavy atom.